The van der Waals surface area contributed by atoms with Crippen molar-refractivity contribution in [2.24, 2.45) is 0 Å². The number of carboxylic acids is 1. The number of hydrogen-bond donors (Lipinski definition) is 1. The van der Waals surface area contributed by atoms with Gasteiger partial charge in [0.2, 0.25) is 0 Å². The highest BCUT2D eigenvalue weighted by Gasteiger charge is 2.36. The van der Waals surface area contributed by atoms with Gasteiger partial charge in [0.25, 0.3) is 10.0 Å². The van der Waals surface area contributed by atoms with E-state index in [1.54, 1.807) is 36.4 Å². The molecule has 1 heterocycles. The molecule has 3 rings (SSSR count). The molecular formula is C17H17NO4S. The molecule has 5 nitrogen and oxygen atoms in total. The van der Waals surface area contributed by atoms with Gasteiger partial charge in [-0.05, 0) is 56.2 Å². The van der Waals surface area contributed by atoms with Crippen molar-refractivity contribution in [3.05, 3.63) is 59.2 Å². The van der Waals surface area contributed by atoms with E-state index >= 15 is 0 Å². The van der Waals surface area contributed by atoms with Gasteiger partial charge in [0.1, 0.15) is 0 Å². The van der Waals surface area contributed by atoms with Crippen molar-refractivity contribution in [3.8, 4) is 0 Å². The van der Waals surface area contributed by atoms with Gasteiger partial charge in [-0.15, -0.1) is 0 Å². The predicted octanol–water partition coefficient (Wildman–Crippen LogP) is 2.83. The molecule has 2 aromatic carbocycles. The zero-order chi connectivity index (χ0) is 16.8. The van der Waals surface area contributed by atoms with Crippen LogP contribution >= 0.6 is 0 Å². The van der Waals surface area contributed by atoms with Gasteiger partial charge in [-0.25, -0.2) is 13.2 Å². The number of aromatic carboxylic acids is 1. The summed E-state index contributed by atoms with van der Waals surface area (Å²) < 4.78 is 27.3. The Morgan fingerprint density at radius 1 is 1.17 bits per heavy atom. The number of benzene rings is 2. The molecule has 0 spiro atoms. The number of fused-ring (bicyclic) bond motifs is 1. The van der Waals surface area contributed by atoms with Crippen LogP contribution in [0.25, 0.3) is 0 Å². The average Bonchev–Trinajstić information content (AvgIpc) is 2.83. The van der Waals surface area contributed by atoms with Crippen LogP contribution in [0.5, 0.6) is 0 Å². The Labute approximate surface area is 135 Å². The summed E-state index contributed by atoms with van der Waals surface area (Å²) in [5.41, 5.74) is 2.46. The third-order valence-electron chi connectivity index (χ3n) is 4.06. The molecular weight excluding hydrogens is 314 g/mol. The van der Waals surface area contributed by atoms with E-state index in [0.717, 1.165) is 11.1 Å². The summed E-state index contributed by atoms with van der Waals surface area (Å²) in [6, 6.07) is 11.1. The molecule has 0 saturated carbocycles. The second-order valence-electron chi connectivity index (χ2n) is 5.82. The monoisotopic (exact) mass is 331 g/mol. The number of hydrogen-bond acceptors (Lipinski definition) is 3. The summed E-state index contributed by atoms with van der Waals surface area (Å²) in [6.45, 7) is 3.73. The number of anilines is 1. The molecule has 1 N–H and O–H groups in total. The lowest BCUT2D eigenvalue weighted by molar-refractivity contribution is 0.0697. The average molecular weight is 331 g/mol. The first-order valence-electron chi connectivity index (χ1n) is 7.28. The zero-order valence-electron chi connectivity index (χ0n) is 12.9. The Morgan fingerprint density at radius 2 is 1.83 bits per heavy atom. The van der Waals surface area contributed by atoms with Crippen LogP contribution < -0.4 is 4.31 Å². The molecule has 1 aliphatic heterocycles. The summed E-state index contributed by atoms with van der Waals surface area (Å²) in [7, 11) is -3.67. The van der Waals surface area contributed by atoms with Crippen molar-refractivity contribution in [1.82, 2.24) is 0 Å². The molecule has 6 heteroatoms. The van der Waals surface area contributed by atoms with E-state index < -0.39 is 16.0 Å². The Kier molecular flexibility index (Phi) is 3.64. The molecule has 1 aliphatic rings. The van der Waals surface area contributed by atoms with Gasteiger partial charge in [-0.1, -0.05) is 17.7 Å². The van der Waals surface area contributed by atoms with Crippen LogP contribution in [0.4, 0.5) is 5.69 Å². The molecule has 0 bridgehead atoms. The highest BCUT2D eigenvalue weighted by atomic mass is 32.2. The number of carbonyl (C=O) groups is 1. The van der Waals surface area contributed by atoms with Gasteiger partial charge in [-0.2, -0.15) is 0 Å². The topological polar surface area (TPSA) is 74.7 Å². The lowest BCUT2D eigenvalue weighted by Gasteiger charge is -2.24. The quantitative estimate of drug-likeness (QED) is 0.938. The van der Waals surface area contributed by atoms with Crippen molar-refractivity contribution in [3.63, 3.8) is 0 Å². The van der Waals surface area contributed by atoms with Crippen LogP contribution in [0.15, 0.2) is 47.4 Å². The molecule has 0 saturated heterocycles. The summed E-state index contributed by atoms with van der Waals surface area (Å²) in [5.74, 6) is -1.01. The first-order chi connectivity index (χ1) is 10.8. The Bertz CT molecular complexity index is 872. The van der Waals surface area contributed by atoms with Gasteiger partial charge in [0.05, 0.1) is 16.1 Å². The SMILES string of the molecule is Cc1ccc(S(=O)(=O)N2c3ccc(C(=O)O)cc3C[C@@H]2C)cc1. The number of rotatable bonds is 3. The van der Waals surface area contributed by atoms with Gasteiger partial charge >= 0.3 is 5.97 Å². The molecule has 0 amide bonds. The second-order valence-corrected chi connectivity index (χ2v) is 7.63. The normalized spacial score (nSPS) is 17.1. The largest absolute Gasteiger partial charge is 0.478 e. The standard InChI is InChI=1S/C17H17NO4S/c1-11-3-6-15(7-4-11)23(21,22)18-12(2)9-14-10-13(17(19)20)5-8-16(14)18/h3-8,10,12H,9H2,1-2H3,(H,19,20)/t12-/m0/s1. The highest BCUT2D eigenvalue weighted by molar-refractivity contribution is 7.92. The van der Waals surface area contributed by atoms with Crippen LogP contribution in [0.1, 0.15) is 28.4 Å². The fourth-order valence-corrected chi connectivity index (χ4v) is 4.62. The molecule has 0 aliphatic carbocycles. The van der Waals surface area contributed by atoms with Crippen molar-refractivity contribution in [2.45, 2.75) is 31.2 Å². The van der Waals surface area contributed by atoms with E-state index in [0.29, 0.717) is 12.1 Å². The minimum absolute atomic E-state index is 0.172. The first kappa shape index (κ1) is 15.6. The van der Waals surface area contributed by atoms with Crippen molar-refractivity contribution >= 4 is 21.7 Å². The molecule has 1 atom stereocenters. The highest BCUT2D eigenvalue weighted by Crippen LogP contribution is 2.37. The van der Waals surface area contributed by atoms with Gasteiger partial charge < -0.3 is 5.11 Å². The van der Waals surface area contributed by atoms with E-state index in [4.69, 9.17) is 5.11 Å². The van der Waals surface area contributed by atoms with E-state index in [9.17, 15) is 13.2 Å². The summed E-state index contributed by atoms with van der Waals surface area (Å²) in [5, 5.41) is 9.08. The van der Waals surface area contributed by atoms with Gasteiger partial charge in [0.15, 0.2) is 0 Å². The van der Waals surface area contributed by atoms with E-state index in [1.807, 2.05) is 13.8 Å². The smallest absolute Gasteiger partial charge is 0.335 e. The van der Waals surface area contributed by atoms with Gasteiger partial charge in [-0.3, -0.25) is 4.31 Å². The number of aryl methyl sites for hydroxylation is 1. The molecule has 0 unspecified atom stereocenters. The van der Waals surface area contributed by atoms with Crippen molar-refractivity contribution in [2.75, 3.05) is 4.31 Å². The second kappa shape index (κ2) is 5.38. The minimum atomic E-state index is -3.67. The number of sulfonamides is 1. The molecule has 0 aromatic heterocycles. The Hall–Kier alpha value is -2.34. The van der Waals surface area contributed by atoms with E-state index in [-0.39, 0.29) is 16.5 Å². The molecule has 120 valence electrons. The first-order valence-corrected chi connectivity index (χ1v) is 8.72. The third-order valence-corrected chi connectivity index (χ3v) is 6.00. The molecule has 0 fully saturated rings. The Morgan fingerprint density at radius 3 is 2.43 bits per heavy atom. The maximum Gasteiger partial charge on any atom is 0.335 e. The Balaban J connectivity index is 2.08. The number of nitrogens with zero attached hydrogens (tertiary/aromatic N) is 1. The maximum absolute atomic E-state index is 12.9. The van der Waals surface area contributed by atoms with Crippen LogP contribution in [0.2, 0.25) is 0 Å². The molecule has 2 aromatic rings. The number of carboxylic acid groups (broad SMARTS) is 1. The van der Waals surface area contributed by atoms with Crippen LogP contribution in [0.3, 0.4) is 0 Å². The van der Waals surface area contributed by atoms with E-state index in [2.05, 4.69) is 0 Å². The summed E-state index contributed by atoms with van der Waals surface area (Å²) in [4.78, 5) is 11.3. The lowest BCUT2D eigenvalue weighted by atomic mass is 10.1. The minimum Gasteiger partial charge on any atom is -0.478 e. The van der Waals surface area contributed by atoms with Crippen molar-refractivity contribution < 1.29 is 18.3 Å². The molecule has 0 radical (unpaired) electrons. The fourth-order valence-electron chi connectivity index (χ4n) is 2.93. The van der Waals surface area contributed by atoms with E-state index in [1.165, 1.54) is 10.4 Å². The zero-order valence-corrected chi connectivity index (χ0v) is 13.7. The van der Waals surface area contributed by atoms with Crippen molar-refractivity contribution in [1.29, 1.82) is 0 Å². The predicted molar refractivity (Wildman–Crippen MR) is 87.4 cm³/mol. The summed E-state index contributed by atoms with van der Waals surface area (Å²) in [6.07, 6.45) is 0.502. The fraction of sp³-hybridized carbons (Fsp3) is 0.235. The molecule has 23 heavy (non-hydrogen) atoms. The van der Waals surface area contributed by atoms with Crippen LogP contribution in [0, 0.1) is 6.92 Å². The van der Waals surface area contributed by atoms with Crippen LogP contribution in [-0.2, 0) is 16.4 Å². The third kappa shape index (κ3) is 2.59. The van der Waals surface area contributed by atoms with Crippen LogP contribution in [-0.4, -0.2) is 25.5 Å². The summed E-state index contributed by atoms with van der Waals surface area (Å²) >= 11 is 0. The lowest BCUT2D eigenvalue weighted by Crippen LogP contribution is -2.35. The maximum atomic E-state index is 12.9. The van der Waals surface area contributed by atoms with Gasteiger partial charge in [0, 0.05) is 6.04 Å².